The van der Waals surface area contributed by atoms with Gasteiger partial charge in [-0.15, -0.1) is 11.3 Å². The number of fused-ring (bicyclic) bond motifs is 2. The molecule has 4 rings (SSSR count). The summed E-state index contributed by atoms with van der Waals surface area (Å²) in [7, 11) is 0. The first-order valence-electron chi connectivity index (χ1n) is 6.46. The fourth-order valence-electron chi connectivity index (χ4n) is 2.41. The highest BCUT2D eigenvalue weighted by Gasteiger charge is 2.13. The van der Waals surface area contributed by atoms with Crippen molar-refractivity contribution in [1.29, 1.82) is 0 Å². The molecule has 2 aromatic carbocycles. The molecule has 0 aliphatic heterocycles. The number of benzene rings is 2. The maximum atomic E-state index is 12.6. The third-order valence-electron chi connectivity index (χ3n) is 3.43. The summed E-state index contributed by atoms with van der Waals surface area (Å²) in [5, 5.41) is 1.07. The molecule has 102 valence electrons. The lowest BCUT2D eigenvalue weighted by Gasteiger charge is -1.98. The average Bonchev–Trinajstić information content (AvgIpc) is 3.07. The van der Waals surface area contributed by atoms with E-state index in [1.807, 2.05) is 30.3 Å². The summed E-state index contributed by atoms with van der Waals surface area (Å²) in [6.45, 7) is 0. The number of carbonyl (C=O) groups excluding carboxylic acids is 1. The standard InChI is InChI=1S/C16H10N2O2S/c19-15(14-8-9-3-1-2-4-13(9)21-14)10-5-6-11-12(7-10)18-16(20)17-11/h1-8H,(H2,17,18,20). The third kappa shape index (κ3) is 1.98. The number of ketones is 1. The van der Waals surface area contributed by atoms with Crippen LogP contribution in [0.25, 0.3) is 21.1 Å². The number of thiophene rings is 1. The summed E-state index contributed by atoms with van der Waals surface area (Å²) in [6.07, 6.45) is 0. The molecule has 0 aliphatic carbocycles. The van der Waals surface area contributed by atoms with Gasteiger partial charge in [-0.1, -0.05) is 18.2 Å². The van der Waals surface area contributed by atoms with Crippen molar-refractivity contribution in [3.63, 3.8) is 0 Å². The second-order valence-corrected chi connectivity index (χ2v) is 5.90. The van der Waals surface area contributed by atoms with Gasteiger partial charge in [0.1, 0.15) is 0 Å². The van der Waals surface area contributed by atoms with Crippen LogP contribution in [0.1, 0.15) is 15.2 Å². The first-order valence-corrected chi connectivity index (χ1v) is 7.28. The minimum Gasteiger partial charge on any atom is -0.306 e. The monoisotopic (exact) mass is 294 g/mol. The quantitative estimate of drug-likeness (QED) is 0.557. The van der Waals surface area contributed by atoms with Crippen molar-refractivity contribution in [3.8, 4) is 0 Å². The Morgan fingerprint density at radius 2 is 1.76 bits per heavy atom. The molecule has 0 aliphatic rings. The number of hydrogen-bond donors (Lipinski definition) is 2. The fourth-order valence-corrected chi connectivity index (χ4v) is 3.43. The van der Waals surface area contributed by atoms with E-state index in [0.717, 1.165) is 10.1 Å². The lowest BCUT2D eigenvalue weighted by atomic mass is 10.1. The Morgan fingerprint density at radius 1 is 0.952 bits per heavy atom. The maximum Gasteiger partial charge on any atom is 0.323 e. The third-order valence-corrected chi connectivity index (χ3v) is 4.54. The van der Waals surface area contributed by atoms with Crippen molar-refractivity contribution in [3.05, 3.63) is 69.5 Å². The lowest BCUT2D eigenvalue weighted by Crippen LogP contribution is -1.99. The zero-order chi connectivity index (χ0) is 14.4. The van der Waals surface area contributed by atoms with Crippen LogP contribution in [0.15, 0.2) is 53.3 Å². The molecule has 2 aromatic heterocycles. The number of rotatable bonds is 2. The second-order valence-electron chi connectivity index (χ2n) is 4.82. The Balaban J connectivity index is 1.82. The molecule has 0 saturated heterocycles. The summed E-state index contributed by atoms with van der Waals surface area (Å²) in [5.41, 5.74) is 1.65. The van der Waals surface area contributed by atoms with Crippen LogP contribution in [0.5, 0.6) is 0 Å². The number of hydrogen-bond acceptors (Lipinski definition) is 3. The number of H-pyrrole nitrogens is 2. The largest absolute Gasteiger partial charge is 0.323 e. The minimum absolute atomic E-state index is 0.0276. The summed E-state index contributed by atoms with van der Waals surface area (Å²) >= 11 is 1.48. The van der Waals surface area contributed by atoms with Crippen LogP contribution in [-0.2, 0) is 0 Å². The Morgan fingerprint density at radius 3 is 2.62 bits per heavy atom. The van der Waals surface area contributed by atoms with Gasteiger partial charge in [0.2, 0.25) is 5.78 Å². The molecule has 2 heterocycles. The van der Waals surface area contributed by atoms with E-state index in [2.05, 4.69) is 9.97 Å². The molecular formula is C16H10N2O2S. The SMILES string of the molecule is O=C(c1ccc2[nH]c(=O)[nH]c2c1)c1cc2ccccc2s1. The second kappa shape index (κ2) is 4.43. The number of carbonyl (C=O) groups is 1. The number of nitrogens with one attached hydrogen (secondary N) is 2. The van der Waals surface area contributed by atoms with Gasteiger partial charge in [0, 0.05) is 10.3 Å². The zero-order valence-corrected chi connectivity index (χ0v) is 11.7. The highest BCUT2D eigenvalue weighted by atomic mass is 32.1. The van der Waals surface area contributed by atoms with Gasteiger partial charge in [0.05, 0.1) is 15.9 Å². The molecule has 0 atom stereocenters. The topological polar surface area (TPSA) is 65.7 Å². The van der Waals surface area contributed by atoms with Gasteiger partial charge in [0.25, 0.3) is 0 Å². The van der Waals surface area contributed by atoms with Crippen LogP contribution >= 0.6 is 11.3 Å². The van der Waals surface area contributed by atoms with Gasteiger partial charge < -0.3 is 9.97 Å². The molecule has 5 heteroatoms. The molecule has 0 amide bonds. The molecule has 21 heavy (non-hydrogen) atoms. The number of imidazole rings is 1. The van der Waals surface area contributed by atoms with E-state index >= 15 is 0 Å². The molecule has 0 radical (unpaired) electrons. The molecule has 0 saturated carbocycles. The van der Waals surface area contributed by atoms with Gasteiger partial charge in [0.15, 0.2) is 0 Å². The Labute approximate surface area is 123 Å². The smallest absolute Gasteiger partial charge is 0.306 e. The molecule has 0 unspecified atom stereocenters. The van der Waals surface area contributed by atoms with Crippen molar-refractivity contribution in [1.82, 2.24) is 9.97 Å². The van der Waals surface area contributed by atoms with Crippen molar-refractivity contribution < 1.29 is 4.79 Å². The van der Waals surface area contributed by atoms with E-state index in [9.17, 15) is 9.59 Å². The maximum absolute atomic E-state index is 12.6. The van der Waals surface area contributed by atoms with E-state index in [4.69, 9.17) is 0 Å². The normalized spacial score (nSPS) is 11.2. The van der Waals surface area contributed by atoms with Crippen molar-refractivity contribution in [2.45, 2.75) is 0 Å². The summed E-state index contributed by atoms with van der Waals surface area (Å²) in [4.78, 5) is 29.9. The number of aromatic nitrogens is 2. The highest BCUT2D eigenvalue weighted by Crippen LogP contribution is 2.27. The Bertz CT molecular complexity index is 1010. The van der Waals surface area contributed by atoms with E-state index in [1.54, 1.807) is 18.2 Å². The first kappa shape index (κ1) is 12.1. The predicted molar refractivity (Wildman–Crippen MR) is 84.2 cm³/mol. The van der Waals surface area contributed by atoms with Crippen LogP contribution < -0.4 is 5.69 Å². The lowest BCUT2D eigenvalue weighted by molar-refractivity contribution is 0.104. The van der Waals surface area contributed by atoms with Gasteiger partial charge in [-0.25, -0.2) is 4.79 Å². The van der Waals surface area contributed by atoms with Gasteiger partial charge in [-0.3, -0.25) is 4.79 Å². The summed E-state index contributed by atoms with van der Waals surface area (Å²) in [5.74, 6) is -0.0276. The number of aromatic amines is 2. The van der Waals surface area contributed by atoms with Crippen LogP contribution in [0.2, 0.25) is 0 Å². The molecule has 0 bridgehead atoms. The van der Waals surface area contributed by atoms with Gasteiger partial charge in [-0.05, 0) is 35.7 Å². The zero-order valence-electron chi connectivity index (χ0n) is 10.8. The molecule has 4 nitrogen and oxygen atoms in total. The average molecular weight is 294 g/mol. The summed E-state index contributed by atoms with van der Waals surface area (Å²) in [6, 6.07) is 15.0. The van der Waals surface area contributed by atoms with E-state index in [1.165, 1.54) is 11.3 Å². The van der Waals surface area contributed by atoms with Crippen molar-refractivity contribution >= 4 is 38.2 Å². The van der Waals surface area contributed by atoms with Gasteiger partial charge in [-0.2, -0.15) is 0 Å². The van der Waals surface area contributed by atoms with Crippen molar-refractivity contribution in [2.24, 2.45) is 0 Å². The van der Waals surface area contributed by atoms with E-state index in [-0.39, 0.29) is 11.5 Å². The molecule has 2 N–H and O–H groups in total. The summed E-state index contributed by atoms with van der Waals surface area (Å²) < 4.78 is 1.09. The molecule has 0 spiro atoms. The van der Waals surface area contributed by atoms with Gasteiger partial charge >= 0.3 is 5.69 Å². The fraction of sp³-hybridized carbons (Fsp3) is 0. The van der Waals surface area contributed by atoms with E-state index in [0.29, 0.717) is 21.5 Å². The van der Waals surface area contributed by atoms with E-state index < -0.39 is 0 Å². The Hall–Kier alpha value is -2.66. The van der Waals surface area contributed by atoms with Crippen molar-refractivity contribution in [2.75, 3.05) is 0 Å². The first-order chi connectivity index (χ1) is 10.2. The molecular weight excluding hydrogens is 284 g/mol. The van der Waals surface area contributed by atoms with Crippen LogP contribution in [-0.4, -0.2) is 15.8 Å². The van der Waals surface area contributed by atoms with Crippen LogP contribution in [0.4, 0.5) is 0 Å². The van der Waals surface area contributed by atoms with Crippen LogP contribution in [0, 0.1) is 0 Å². The van der Waals surface area contributed by atoms with Crippen LogP contribution in [0.3, 0.4) is 0 Å². The highest BCUT2D eigenvalue weighted by molar-refractivity contribution is 7.21. The molecule has 0 fully saturated rings. The Kier molecular flexibility index (Phi) is 2.55. The predicted octanol–water partition coefficient (Wildman–Crippen LogP) is 3.30. The minimum atomic E-state index is -0.267. The molecule has 4 aromatic rings.